The molecule has 0 radical (unpaired) electrons. The molecule has 0 amide bonds. The van der Waals surface area contributed by atoms with Crippen LogP contribution in [0.3, 0.4) is 0 Å². The third-order valence-electron chi connectivity index (χ3n) is 3.07. The summed E-state index contributed by atoms with van der Waals surface area (Å²) in [5, 5.41) is 12.6. The Kier molecular flexibility index (Phi) is 4.35. The van der Waals surface area contributed by atoms with Gasteiger partial charge in [-0.25, -0.2) is 0 Å². The van der Waals surface area contributed by atoms with Crippen molar-refractivity contribution < 1.29 is 5.11 Å². The fourth-order valence-corrected chi connectivity index (χ4v) is 1.80. The van der Waals surface area contributed by atoms with Gasteiger partial charge in [-0.15, -0.1) is 0 Å². The lowest BCUT2D eigenvalue weighted by Crippen LogP contribution is -2.42. The van der Waals surface area contributed by atoms with Gasteiger partial charge in [0.25, 0.3) is 0 Å². The maximum atomic E-state index is 9.11. The summed E-state index contributed by atoms with van der Waals surface area (Å²) < 4.78 is 0. The Morgan fingerprint density at radius 2 is 1.86 bits per heavy atom. The van der Waals surface area contributed by atoms with Gasteiger partial charge in [0.1, 0.15) is 0 Å². The lowest BCUT2D eigenvalue weighted by Gasteiger charge is -2.30. The number of rotatable bonds is 4. The molecule has 0 spiro atoms. The molecule has 0 aromatic heterocycles. The molecule has 0 atom stereocenters. The van der Waals surface area contributed by atoms with Crippen molar-refractivity contribution in [1.29, 1.82) is 0 Å². The zero-order valence-electron chi connectivity index (χ0n) is 9.42. The molecule has 0 aliphatic heterocycles. The molecule has 1 aliphatic carbocycles. The van der Waals surface area contributed by atoms with Crippen molar-refractivity contribution in [2.75, 3.05) is 13.2 Å². The van der Waals surface area contributed by atoms with Crippen molar-refractivity contribution in [2.24, 2.45) is 11.1 Å². The third-order valence-corrected chi connectivity index (χ3v) is 3.07. The first-order valence-electron chi connectivity index (χ1n) is 5.63. The first-order valence-corrected chi connectivity index (χ1v) is 5.63. The summed E-state index contributed by atoms with van der Waals surface area (Å²) in [7, 11) is 0. The summed E-state index contributed by atoms with van der Waals surface area (Å²) in [5.74, 6) is 0. The Bertz CT molecular complexity index is 163. The first-order chi connectivity index (χ1) is 6.53. The van der Waals surface area contributed by atoms with E-state index in [-0.39, 0.29) is 12.0 Å². The molecule has 0 aromatic rings. The maximum Gasteiger partial charge on any atom is 0.0494 e. The van der Waals surface area contributed by atoms with Crippen LogP contribution in [0, 0.1) is 5.41 Å². The van der Waals surface area contributed by atoms with Gasteiger partial charge >= 0.3 is 0 Å². The standard InChI is InChI=1S/C11H24N2O/c1-11(2,8-14)7-13-10-5-3-9(12)4-6-10/h9-10,13-14H,3-8,12H2,1-2H3. The Morgan fingerprint density at radius 1 is 1.29 bits per heavy atom. The molecule has 1 fully saturated rings. The highest BCUT2D eigenvalue weighted by molar-refractivity contribution is 4.81. The highest BCUT2D eigenvalue weighted by Crippen LogP contribution is 2.19. The summed E-state index contributed by atoms with van der Waals surface area (Å²) in [6.45, 7) is 5.29. The van der Waals surface area contributed by atoms with Gasteiger partial charge in [-0.3, -0.25) is 0 Å². The van der Waals surface area contributed by atoms with E-state index in [2.05, 4.69) is 19.2 Å². The van der Waals surface area contributed by atoms with E-state index in [1.807, 2.05) is 0 Å². The molecule has 0 bridgehead atoms. The molecule has 14 heavy (non-hydrogen) atoms. The summed E-state index contributed by atoms with van der Waals surface area (Å²) in [6.07, 6.45) is 4.64. The molecule has 0 aromatic carbocycles. The Morgan fingerprint density at radius 3 is 2.36 bits per heavy atom. The first kappa shape index (κ1) is 12.0. The maximum absolute atomic E-state index is 9.11. The van der Waals surface area contributed by atoms with Crippen LogP contribution in [-0.2, 0) is 0 Å². The van der Waals surface area contributed by atoms with E-state index in [1.54, 1.807) is 0 Å². The minimum atomic E-state index is -0.000433. The monoisotopic (exact) mass is 200 g/mol. The van der Waals surface area contributed by atoms with Crippen molar-refractivity contribution in [1.82, 2.24) is 5.32 Å². The van der Waals surface area contributed by atoms with E-state index < -0.39 is 0 Å². The van der Waals surface area contributed by atoms with Gasteiger partial charge < -0.3 is 16.2 Å². The molecule has 0 saturated heterocycles. The van der Waals surface area contributed by atoms with E-state index in [0.29, 0.717) is 12.1 Å². The van der Waals surface area contributed by atoms with E-state index >= 15 is 0 Å². The van der Waals surface area contributed by atoms with Gasteiger partial charge in [-0.05, 0) is 25.7 Å². The molecule has 3 nitrogen and oxygen atoms in total. The predicted molar refractivity (Wildman–Crippen MR) is 59.1 cm³/mol. The highest BCUT2D eigenvalue weighted by atomic mass is 16.3. The van der Waals surface area contributed by atoms with E-state index in [0.717, 1.165) is 19.4 Å². The van der Waals surface area contributed by atoms with Crippen molar-refractivity contribution in [3.63, 3.8) is 0 Å². The normalized spacial score (nSPS) is 29.1. The fraction of sp³-hybridized carbons (Fsp3) is 1.00. The third kappa shape index (κ3) is 3.95. The highest BCUT2D eigenvalue weighted by Gasteiger charge is 2.21. The van der Waals surface area contributed by atoms with Gasteiger partial charge in [-0.1, -0.05) is 13.8 Å². The zero-order valence-corrected chi connectivity index (χ0v) is 9.42. The molecule has 0 unspecified atom stereocenters. The van der Waals surface area contributed by atoms with Crippen molar-refractivity contribution >= 4 is 0 Å². The van der Waals surface area contributed by atoms with E-state index in [4.69, 9.17) is 10.8 Å². The van der Waals surface area contributed by atoms with Gasteiger partial charge in [0.15, 0.2) is 0 Å². The van der Waals surface area contributed by atoms with Crippen LogP contribution in [0.25, 0.3) is 0 Å². The lowest BCUT2D eigenvalue weighted by atomic mass is 9.89. The lowest BCUT2D eigenvalue weighted by molar-refractivity contribution is 0.149. The molecule has 84 valence electrons. The van der Waals surface area contributed by atoms with Crippen LogP contribution in [0.5, 0.6) is 0 Å². The molecular formula is C11H24N2O. The van der Waals surface area contributed by atoms with Gasteiger partial charge in [-0.2, -0.15) is 0 Å². The molecule has 1 saturated carbocycles. The zero-order chi connectivity index (χ0) is 10.6. The van der Waals surface area contributed by atoms with Crippen LogP contribution in [0.2, 0.25) is 0 Å². The fourth-order valence-electron chi connectivity index (χ4n) is 1.80. The van der Waals surface area contributed by atoms with E-state index in [1.165, 1.54) is 12.8 Å². The van der Waals surface area contributed by atoms with Crippen molar-refractivity contribution in [3.05, 3.63) is 0 Å². The Labute approximate surface area is 87.1 Å². The van der Waals surface area contributed by atoms with Crippen LogP contribution in [0.1, 0.15) is 39.5 Å². The van der Waals surface area contributed by atoms with Crippen LogP contribution in [0.15, 0.2) is 0 Å². The summed E-state index contributed by atoms with van der Waals surface area (Å²) in [5.41, 5.74) is 5.84. The summed E-state index contributed by atoms with van der Waals surface area (Å²) in [4.78, 5) is 0. The number of nitrogens with one attached hydrogen (secondary N) is 1. The summed E-state index contributed by atoms with van der Waals surface area (Å²) in [6, 6.07) is 1.03. The minimum Gasteiger partial charge on any atom is -0.396 e. The molecule has 1 aliphatic rings. The number of nitrogens with two attached hydrogens (primary N) is 1. The second-order valence-electron chi connectivity index (χ2n) is 5.31. The minimum absolute atomic E-state index is 0.000433. The second-order valence-corrected chi connectivity index (χ2v) is 5.31. The van der Waals surface area contributed by atoms with Crippen LogP contribution < -0.4 is 11.1 Å². The average molecular weight is 200 g/mol. The quantitative estimate of drug-likeness (QED) is 0.631. The summed E-state index contributed by atoms with van der Waals surface area (Å²) >= 11 is 0. The van der Waals surface area contributed by atoms with Gasteiger partial charge in [0, 0.05) is 30.7 Å². The molecule has 3 heteroatoms. The molecular weight excluding hydrogens is 176 g/mol. The van der Waals surface area contributed by atoms with Crippen LogP contribution in [-0.4, -0.2) is 30.3 Å². The SMILES string of the molecule is CC(C)(CO)CNC1CCC(N)CC1. The predicted octanol–water partition coefficient (Wildman–Crippen LogP) is 0.864. The Hall–Kier alpha value is -0.120. The van der Waals surface area contributed by atoms with Gasteiger partial charge in [0.2, 0.25) is 0 Å². The van der Waals surface area contributed by atoms with E-state index in [9.17, 15) is 0 Å². The number of aliphatic hydroxyl groups is 1. The topological polar surface area (TPSA) is 58.3 Å². The molecule has 1 rings (SSSR count). The van der Waals surface area contributed by atoms with Crippen LogP contribution in [0.4, 0.5) is 0 Å². The van der Waals surface area contributed by atoms with Crippen LogP contribution >= 0.6 is 0 Å². The Balaban J connectivity index is 2.19. The average Bonchev–Trinajstić information content (AvgIpc) is 2.17. The molecule has 4 N–H and O–H groups in total. The van der Waals surface area contributed by atoms with Crippen molar-refractivity contribution in [3.8, 4) is 0 Å². The number of aliphatic hydroxyl groups excluding tert-OH is 1. The number of hydrogen-bond donors (Lipinski definition) is 3. The smallest absolute Gasteiger partial charge is 0.0494 e. The number of hydrogen-bond acceptors (Lipinski definition) is 3. The van der Waals surface area contributed by atoms with Gasteiger partial charge in [0.05, 0.1) is 0 Å². The largest absolute Gasteiger partial charge is 0.396 e. The molecule has 0 heterocycles. The second kappa shape index (κ2) is 5.10. The van der Waals surface area contributed by atoms with Crippen molar-refractivity contribution in [2.45, 2.75) is 51.6 Å².